The van der Waals surface area contributed by atoms with Crippen molar-refractivity contribution in [2.24, 2.45) is 0 Å². The van der Waals surface area contributed by atoms with Crippen molar-refractivity contribution in [3.63, 3.8) is 0 Å². The minimum atomic E-state index is -2.39. The average molecular weight is 380 g/mol. The number of aliphatic hydroxyl groups is 1. The molecule has 0 aliphatic heterocycles. The fraction of sp³-hybridized carbons (Fsp3) is 0.238. The van der Waals surface area contributed by atoms with Gasteiger partial charge in [-0.3, -0.25) is 20.2 Å². The van der Waals surface area contributed by atoms with Crippen LogP contribution in [0, 0.1) is 20.2 Å². The minimum absolute atomic E-state index is 0.281. The lowest BCUT2D eigenvalue weighted by molar-refractivity contribution is -0.780. The largest absolute Gasteiger partial charge is 0.481 e. The second-order valence-corrected chi connectivity index (χ2v) is 6.95. The van der Waals surface area contributed by atoms with Crippen molar-refractivity contribution in [1.29, 1.82) is 0 Å². The molecule has 0 amide bonds. The summed E-state index contributed by atoms with van der Waals surface area (Å²) in [5.41, 5.74) is -1.49. The highest BCUT2D eigenvalue weighted by atomic mass is 16.7. The summed E-state index contributed by atoms with van der Waals surface area (Å²) in [6.07, 6.45) is 3.86. The molecule has 1 N–H and O–H groups in total. The van der Waals surface area contributed by atoms with Gasteiger partial charge in [-0.2, -0.15) is 0 Å². The Balaban J connectivity index is 1.95. The van der Waals surface area contributed by atoms with Crippen LogP contribution in [0.1, 0.15) is 17.5 Å². The molecular formula is C21H20N2O5. The molecular weight excluding hydrogens is 360 g/mol. The molecule has 7 heteroatoms. The maximum absolute atomic E-state index is 11.5. The van der Waals surface area contributed by atoms with Crippen LogP contribution in [0.15, 0.2) is 84.5 Å². The monoisotopic (exact) mass is 380 g/mol. The smallest absolute Gasteiger partial charge is 0.384 e. The summed E-state index contributed by atoms with van der Waals surface area (Å²) < 4.78 is 0. The quantitative estimate of drug-likeness (QED) is 0.450. The molecule has 0 unspecified atom stereocenters. The van der Waals surface area contributed by atoms with Crippen LogP contribution in [-0.4, -0.2) is 26.2 Å². The fourth-order valence-corrected chi connectivity index (χ4v) is 3.44. The molecule has 0 radical (unpaired) electrons. The molecule has 1 aliphatic rings. The first-order valence-corrected chi connectivity index (χ1v) is 8.85. The van der Waals surface area contributed by atoms with Gasteiger partial charge in [0, 0.05) is 12.8 Å². The van der Waals surface area contributed by atoms with Crippen LogP contribution in [0.2, 0.25) is 0 Å². The summed E-state index contributed by atoms with van der Waals surface area (Å²) in [6, 6.07) is 18.8. The highest BCUT2D eigenvalue weighted by Gasteiger charge is 2.54. The highest BCUT2D eigenvalue weighted by molar-refractivity contribution is 5.38. The van der Waals surface area contributed by atoms with E-state index in [4.69, 9.17) is 0 Å². The zero-order valence-corrected chi connectivity index (χ0v) is 15.1. The van der Waals surface area contributed by atoms with E-state index in [0.717, 1.165) is 17.2 Å². The second kappa shape index (κ2) is 7.74. The fourth-order valence-electron chi connectivity index (χ4n) is 3.44. The van der Waals surface area contributed by atoms with Gasteiger partial charge in [0.25, 0.3) is 0 Å². The van der Waals surface area contributed by atoms with Crippen molar-refractivity contribution in [3.8, 4) is 0 Å². The molecule has 28 heavy (non-hydrogen) atoms. The van der Waals surface area contributed by atoms with Crippen LogP contribution in [0.4, 0.5) is 0 Å². The molecule has 0 saturated heterocycles. The normalized spacial score (nSPS) is 15.7. The van der Waals surface area contributed by atoms with E-state index in [1.54, 1.807) is 0 Å². The van der Waals surface area contributed by atoms with Gasteiger partial charge in [-0.05, 0) is 22.8 Å². The third-order valence-electron chi connectivity index (χ3n) is 5.00. The van der Waals surface area contributed by atoms with E-state index < -0.39 is 27.5 Å². The first kappa shape index (κ1) is 19.4. The Morgan fingerprint density at radius 1 is 0.893 bits per heavy atom. The van der Waals surface area contributed by atoms with Crippen molar-refractivity contribution < 1.29 is 15.0 Å². The molecule has 0 spiro atoms. The first-order valence-electron chi connectivity index (χ1n) is 8.85. The molecule has 0 atom stereocenters. The molecule has 2 aromatic carbocycles. The third kappa shape index (κ3) is 3.84. The number of nitrogens with zero attached hydrogens (tertiary/aromatic N) is 2. The Morgan fingerprint density at radius 3 is 1.71 bits per heavy atom. The van der Waals surface area contributed by atoms with Gasteiger partial charge in [0.15, 0.2) is 0 Å². The van der Waals surface area contributed by atoms with E-state index in [0.29, 0.717) is 5.57 Å². The topological polar surface area (TPSA) is 107 Å². The van der Waals surface area contributed by atoms with Gasteiger partial charge in [-0.1, -0.05) is 66.7 Å². The Bertz CT molecular complexity index is 867. The van der Waals surface area contributed by atoms with E-state index in [2.05, 4.69) is 0 Å². The second-order valence-electron chi connectivity index (χ2n) is 6.95. The summed E-state index contributed by atoms with van der Waals surface area (Å²) >= 11 is 0. The number of hydrogen-bond acceptors (Lipinski definition) is 5. The van der Waals surface area contributed by atoms with Crippen LogP contribution < -0.4 is 0 Å². The van der Waals surface area contributed by atoms with Gasteiger partial charge in [-0.15, -0.1) is 0 Å². The predicted octanol–water partition coefficient (Wildman–Crippen LogP) is 3.34. The standard InChI is InChI=1S/C21H20N2O5/c24-20(15-17-7-3-1-4-8-17,16-18-9-5-2-6-10-18)19-11-13-21(14-12-19,22(25)26)23(27)28/h1-13,24H,14-16H2. The van der Waals surface area contributed by atoms with Crippen molar-refractivity contribution in [3.05, 3.63) is 116 Å². The van der Waals surface area contributed by atoms with Gasteiger partial charge in [-0.25, -0.2) is 0 Å². The predicted molar refractivity (Wildman–Crippen MR) is 104 cm³/mol. The van der Waals surface area contributed by atoms with Crippen molar-refractivity contribution in [2.45, 2.75) is 30.5 Å². The van der Waals surface area contributed by atoms with Gasteiger partial charge in [0.1, 0.15) is 16.3 Å². The number of nitro groups is 2. The lowest BCUT2D eigenvalue weighted by Gasteiger charge is -2.32. The molecule has 0 aromatic heterocycles. The number of hydrogen-bond donors (Lipinski definition) is 1. The van der Waals surface area contributed by atoms with Gasteiger partial charge < -0.3 is 5.11 Å². The SMILES string of the molecule is O=[N+]([O-])C1([N+](=O)[O-])C=CC(C(O)(Cc2ccccc2)Cc2ccccc2)=CC1. The van der Waals surface area contributed by atoms with Crippen LogP contribution in [0.5, 0.6) is 0 Å². The summed E-state index contributed by atoms with van der Waals surface area (Å²) in [5.74, 6) is 0. The Hall–Kier alpha value is -3.32. The van der Waals surface area contributed by atoms with Gasteiger partial charge in [0.05, 0.1) is 11.7 Å². The molecule has 2 aromatic rings. The summed E-state index contributed by atoms with van der Waals surface area (Å²) in [7, 11) is 0. The Morgan fingerprint density at radius 2 is 1.36 bits per heavy atom. The first-order chi connectivity index (χ1) is 13.4. The van der Waals surface area contributed by atoms with E-state index in [1.807, 2.05) is 60.7 Å². The lowest BCUT2D eigenvalue weighted by Crippen LogP contribution is -2.46. The maximum Gasteiger partial charge on any atom is 0.481 e. The molecule has 3 rings (SSSR count). The number of benzene rings is 2. The van der Waals surface area contributed by atoms with Crippen LogP contribution >= 0.6 is 0 Å². The van der Waals surface area contributed by atoms with E-state index in [9.17, 15) is 25.3 Å². The Kier molecular flexibility index (Phi) is 5.37. The zero-order chi connectivity index (χ0) is 20.2. The summed E-state index contributed by atoms with van der Waals surface area (Å²) in [5, 5.41) is 34.1. The zero-order valence-electron chi connectivity index (χ0n) is 15.1. The van der Waals surface area contributed by atoms with E-state index in [-0.39, 0.29) is 12.8 Å². The molecule has 144 valence electrons. The van der Waals surface area contributed by atoms with Crippen molar-refractivity contribution >= 4 is 0 Å². The Labute approximate surface area is 161 Å². The minimum Gasteiger partial charge on any atom is -0.384 e. The summed E-state index contributed by atoms with van der Waals surface area (Å²) in [4.78, 5) is 20.8. The molecule has 7 nitrogen and oxygen atoms in total. The van der Waals surface area contributed by atoms with E-state index in [1.165, 1.54) is 12.2 Å². The van der Waals surface area contributed by atoms with Crippen LogP contribution in [-0.2, 0) is 12.8 Å². The lowest BCUT2D eigenvalue weighted by atomic mass is 9.78. The van der Waals surface area contributed by atoms with E-state index >= 15 is 0 Å². The highest BCUT2D eigenvalue weighted by Crippen LogP contribution is 2.34. The molecule has 0 fully saturated rings. The molecule has 0 heterocycles. The van der Waals surface area contributed by atoms with Crippen LogP contribution in [0.3, 0.4) is 0 Å². The average Bonchev–Trinajstić information content (AvgIpc) is 2.69. The molecule has 0 bridgehead atoms. The molecule has 1 aliphatic carbocycles. The van der Waals surface area contributed by atoms with Gasteiger partial charge in [0.2, 0.25) is 0 Å². The van der Waals surface area contributed by atoms with Crippen molar-refractivity contribution in [1.82, 2.24) is 0 Å². The maximum atomic E-state index is 11.5. The van der Waals surface area contributed by atoms with Crippen LogP contribution in [0.25, 0.3) is 0 Å². The van der Waals surface area contributed by atoms with Gasteiger partial charge >= 0.3 is 5.66 Å². The molecule has 0 saturated carbocycles. The van der Waals surface area contributed by atoms with Crippen molar-refractivity contribution in [2.75, 3.05) is 0 Å². The third-order valence-corrected chi connectivity index (χ3v) is 5.00. The summed E-state index contributed by atoms with van der Waals surface area (Å²) in [6.45, 7) is 0. The number of rotatable bonds is 7.